The number of nitrogens with zero attached hydrogens (tertiary/aromatic N) is 4. The Balaban J connectivity index is 1.14. The molecule has 9 aromatic carbocycles. The Hall–Kier alpha value is -7.99. The fourth-order valence-electron chi connectivity index (χ4n) is 8.48. The molecule has 3 aromatic heterocycles. The average molecular weight is 817 g/mol. The van der Waals surface area contributed by atoms with E-state index in [0.29, 0.717) is 34.3 Å². The smallest absolute Gasteiger partial charge is 0.164 e. The van der Waals surface area contributed by atoms with Crippen LogP contribution in [0.5, 0.6) is 0 Å². The molecule has 0 N–H and O–H groups in total. The van der Waals surface area contributed by atoms with Crippen LogP contribution in [0.2, 0.25) is 0 Å². The second kappa shape index (κ2) is 14.9. The maximum absolute atomic E-state index is 9.32. The van der Waals surface area contributed by atoms with E-state index in [0.717, 1.165) is 38.9 Å². The molecule has 0 aliphatic rings. The summed E-state index contributed by atoms with van der Waals surface area (Å²) >= 11 is 1.76. The van der Waals surface area contributed by atoms with Crippen molar-refractivity contribution < 1.29 is 11.0 Å². The van der Waals surface area contributed by atoms with Crippen LogP contribution in [0.1, 0.15) is 11.0 Å². The van der Waals surface area contributed by atoms with Gasteiger partial charge < -0.3 is 4.57 Å². The van der Waals surface area contributed by atoms with E-state index in [4.69, 9.17) is 23.2 Å². The quantitative estimate of drug-likeness (QED) is 0.161. The number of rotatable bonds is 7. The van der Waals surface area contributed by atoms with Gasteiger partial charge in [-0.3, -0.25) is 0 Å². The Bertz CT molecular complexity index is 4040. The highest BCUT2D eigenvalue weighted by Crippen LogP contribution is 2.42. The minimum Gasteiger partial charge on any atom is -0.309 e. The van der Waals surface area contributed by atoms with Gasteiger partial charge in [-0.1, -0.05) is 188 Å². The van der Waals surface area contributed by atoms with Crippen LogP contribution in [0, 0.1) is 0 Å². The Kier molecular flexibility index (Phi) is 6.86. The summed E-state index contributed by atoms with van der Waals surface area (Å²) in [4.78, 5) is 15.7. The summed E-state index contributed by atoms with van der Waals surface area (Å²) < 4.78 is 75.7. The first-order chi connectivity index (χ1) is 34.1. The number of aromatic nitrogens is 4. The van der Waals surface area contributed by atoms with Gasteiger partial charge in [0.15, 0.2) is 17.5 Å². The van der Waals surface area contributed by atoms with Crippen LogP contribution >= 0.6 is 11.3 Å². The van der Waals surface area contributed by atoms with Crippen LogP contribution in [0.3, 0.4) is 0 Å². The van der Waals surface area contributed by atoms with E-state index in [9.17, 15) is 2.74 Å². The molecule has 3 heterocycles. The number of hydrogen-bond donors (Lipinski definition) is 0. The first kappa shape index (κ1) is 28.5. The molecule has 0 unspecified atom stereocenters. The lowest BCUT2D eigenvalue weighted by Gasteiger charge is -2.17. The van der Waals surface area contributed by atoms with Crippen molar-refractivity contribution in [3.8, 4) is 73.2 Å². The Morgan fingerprint density at radius 3 is 1.65 bits per heavy atom. The number of thiophene rings is 1. The molecule has 0 amide bonds. The van der Waals surface area contributed by atoms with Crippen LogP contribution < -0.4 is 0 Å². The molecule has 290 valence electrons. The molecule has 4 nitrogen and oxygen atoms in total. The van der Waals surface area contributed by atoms with Gasteiger partial charge in [-0.25, -0.2) is 15.0 Å². The van der Waals surface area contributed by atoms with Crippen molar-refractivity contribution in [1.82, 2.24) is 19.5 Å². The van der Waals surface area contributed by atoms with Crippen molar-refractivity contribution in [2.24, 2.45) is 0 Å². The van der Waals surface area contributed by atoms with Gasteiger partial charge in [0.25, 0.3) is 0 Å². The van der Waals surface area contributed by atoms with E-state index >= 15 is 0 Å². The largest absolute Gasteiger partial charge is 0.309 e. The standard InChI is InChI=1S/C57H36N4S/c1-3-17-37(18-4-1)42-23-7-8-27-49(42)57-59-55(40-22-15-21-39(35-40)44-28-16-29-48-47-26-11-14-32-53(47)62-54(44)48)58-56(60-57)41-33-34-43(38-19-5-2-6-20-38)52(36-41)61-50-30-12-9-24-45(50)46-25-10-13-31-51(46)61/h1-36H/i9D,10D,12D,13D,24D,25D,30D,31D. The molecule has 0 atom stereocenters. The maximum atomic E-state index is 9.32. The van der Waals surface area contributed by atoms with Crippen molar-refractivity contribution in [2.45, 2.75) is 0 Å². The van der Waals surface area contributed by atoms with E-state index in [1.165, 1.54) is 20.2 Å². The van der Waals surface area contributed by atoms with Crippen molar-refractivity contribution in [3.05, 3.63) is 218 Å². The predicted octanol–water partition coefficient (Wildman–Crippen LogP) is 15.3. The second-order valence-corrected chi connectivity index (χ2v) is 16.0. The highest BCUT2D eigenvalue weighted by molar-refractivity contribution is 7.26. The van der Waals surface area contributed by atoms with E-state index in [1.54, 1.807) is 15.9 Å². The maximum Gasteiger partial charge on any atom is 0.164 e. The van der Waals surface area contributed by atoms with Crippen molar-refractivity contribution >= 4 is 53.3 Å². The van der Waals surface area contributed by atoms with Gasteiger partial charge >= 0.3 is 0 Å². The third kappa shape index (κ3) is 6.09. The van der Waals surface area contributed by atoms with Gasteiger partial charge in [0, 0.05) is 53.2 Å². The second-order valence-electron chi connectivity index (χ2n) is 15.0. The molecule has 62 heavy (non-hydrogen) atoms. The summed E-state index contributed by atoms with van der Waals surface area (Å²) in [5.74, 6) is 1.15. The van der Waals surface area contributed by atoms with E-state index in [1.807, 2.05) is 115 Å². The highest BCUT2D eigenvalue weighted by atomic mass is 32.1. The molecule has 0 radical (unpaired) electrons. The topological polar surface area (TPSA) is 43.6 Å². The zero-order valence-electron chi connectivity index (χ0n) is 40.9. The average Bonchev–Trinajstić information content (AvgIpc) is 3.98. The molecular formula is C57H36N4S. The van der Waals surface area contributed by atoms with Crippen LogP contribution in [0.15, 0.2) is 218 Å². The Morgan fingerprint density at radius 2 is 0.903 bits per heavy atom. The molecule has 0 saturated heterocycles. The predicted molar refractivity (Wildman–Crippen MR) is 260 cm³/mol. The van der Waals surface area contributed by atoms with Crippen LogP contribution in [-0.4, -0.2) is 19.5 Å². The molecule has 12 rings (SSSR count). The summed E-state index contributed by atoms with van der Waals surface area (Å²) in [6, 6.07) is 52.6. The van der Waals surface area contributed by atoms with Gasteiger partial charge in [0.05, 0.1) is 27.7 Å². The highest BCUT2D eigenvalue weighted by Gasteiger charge is 2.20. The first-order valence-corrected chi connectivity index (χ1v) is 21.0. The number of para-hydroxylation sites is 2. The molecule has 0 aliphatic carbocycles. The Morgan fingerprint density at radius 1 is 0.371 bits per heavy atom. The summed E-state index contributed by atoms with van der Waals surface area (Å²) in [5, 5.41) is 2.38. The minimum atomic E-state index is -0.508. The lowest BCUT2D eigenvalue weighted by Crippen LogP contribution is -2.03. The van der Waals surface area contributed by atoms with Crippen molar-refractivity contribution in [1.29, 1.82) is 0 Å². The number of hydrogen-bond acceptors (Lipinski definition) is 4. The van der Waals surface area contributed by atoms with Gasteiger partial charge in [-0.2, -0.15) is 0 Å². The fraction of sp³-hybridized carbons (Fsp3) is 0. The summed E-state index contributed by atoms with van der Waals surface area (Å²) in [7, 11) is 0. The third-order valence-corrected chi connectivity index (χ3v) is 12.6. The molecule has 0 spiro atoms. The summed E-state index contributed by atoms with van der Waals surface area (Å²) in [6.45, 7) is 0. The van der Waals surface area contributed by atoms with Crippen LogP contribution in [0.25, 0.3) is 115 Å². The van der Waals surface area contributed by atoms with E-state index in [2.05, 4.69) is 54.6 Å². The molecular weight excluding hydrogens is 773 g/mol. The first-order valence-electron chi connectivity index (χ1n) is 24.2. The van der Waals surface area contributed by atoms with Gasteiger partial charge in [-0.05, 0) is 58.1 Å². The number of benzene rings is 9. The van der Waals surface area contributed by atoms with Crippen molar-refractivity contribution in [2.75, 3.05) is 0 Å². The summed E-state index contributed by atoms with van der Waals surface area (Å²) in [6.07, 6.45) is 0. The fourth-order valence-corrected chi connectivity index (χ4v) is 9.72. The molecule has 5 heteroatoms. The Labute approximate surface area is 374 Å². The lowest BCUT2D eigenvalue weighted by molar-refractivity contribution is 1.07. The summed E-state index contributed by atoms with van der Waals surface area (Å²) in [5.41, 5.74) is 7.88. The zero-order valence-corrected chi connectivity index (χ0v) is 33.7. The SMILES string of the molecule is [2H]c1c([2H])c([2H])c2c(c1[2H])c1c([2H])c([2H])c([2H])c([2H])c1n2-c1cc(-c2nc(-c3cccc(-c4cccc5c4sc4ccccc45)c3)nc(-c3ccccc3-c3ccccc3)n2)ccc1-c1ccccc1. The van der Waals surface area contributed by atoms with Crippen molar-refractivity contribution in [3.63, 3.8) is 0 Å². The minimum absolute atomic E-state index is 0.00844. The molecule has 0 bridgehead atoms. The number of fused-ring (bicyclic) bond motifs is 6. The van der Waals surface area contributed by atoms with Gasteiger partial charge in [-0.15, -0.1) is 11.3 Å². The molecule has 12 aromatic rings. The molecule has 0 aliphatic heterocycles. The van der Waals surface area contributed by atoms with E-state index < -0.39 is 36.3 Å². The van der Waals surface area contributed by atoms with Gasteiger partial charge in [0.1, 0.15) is 0 Å². The lowest BCUT2D eigenvalue weighted by atomic mass is 9.98. The van der Waals surface area contributed by atoms with Crippen LogP contribution in [-0.2, 0) is 0 Å². The van der Waals surface area contributed by atoms with E-state index in [-0.39, 0.29) is 33.9 Å². The molecule has 0 saturated carbocycles. The van der Waals surface area contributed by atoms with Crippen LogP contribution in [0.4, 0.5) is 0 Å². The zero-order chi connectivity index (χ0) is 47.9. The normalized spacial score (nSPS) is 13.4. The monoisotopic (exact) mass is 816 g/mol. The van der Waals surface area contributed by atoms with Gasteiger partial charge in [0.2, 0.25) is 0 Å². The molecule has 0 fully saturated rings. The third-order valence-electron chi connectivity index (χ3n) is 11.3.